The van der Waals surface area contributed by atoms with E-state index in [1.807, 2.05) is 12.1 Å². The Morgan fingerprint density at radius 3 is 1.62 bits per heavy atom. The third kappa shape index (κ3) is 10.6. The van der Waals surface area contributed by atoms with Crippen molar-refractivity contribution in [3.05, 3.63) is 35.4 Å². The highest BCUT2D eigenvalue weighted by atomic mass is 16.4. The van der Waals surface area contributed by atoms with Gasteiger partial charge in [-0.05, 0) is 24.0 Å². The van der Waals surface area contributed by atoms with Crippen LogP contribution in [0.3, 0.4) is 0 Å². The summed E-state index contributed by atoms with van der Waals surface area (Å²) in [5.41, 5.74) is 1.67. The third-order valence-electron chi connectivity index (χ3n) is 5.10. The van der Waals surface area contributed by atoms with Crippen LogP contribution in [0, 0.1) is 0 Å². The van der Waals surface area contributed by atoms with Gasteiger partial charge in [0.1, 0.15) is 0 Å². The molecule has 0 spiro atoms. The molecule has 0 amide bonds. The molecule has 0 saturated carbocycles. The van der Waals surface area contributed by atoms with Crippen molar-refractivity contribution in [2.45, 2.75) is 103 Å². The van der Waals surface area contributed by atoms with Crippen molar-refractivity contribution >= 4 is 5.97 Å². The first-order chi connectivity index (χ1) is 12.6. The molecule has 0 saturated heterocycles. The number of hydrogen-bond donors (Lipinski definition) is 2. The zero-order valence-electron chi connectivity index (χ0n) is 16.6. The highest BCUT2D eigenvalue weighted by Crippen LogP contribution is 2.16. The molecule has 26 heavy (non-hydrogen) atoms. The number of aliphatic carboxylic acids is 1. The van der Waals surface area contributed by atoms with Gasteiger partial charge >= 0.3 is 5.97 Å². The lowest BCUT2D eigenvalue weighted by atomic mass is 10.0. The van der Waals surface area contributed by atoms with E-state index in [1.165, 1.54) is 89.0 Å². The largest absolute Gasteiger partial charge is 0.479 e. The molecule has 0 aromatic heterocycles. The van der Waals surface area contributed by atoms with Gasteiger partial charge in [0.25, 0.3) is 0 Å². The van der Waals surface area contributed by atoms with Crippen LogP contribution in [-0.4, -0.2) is 16.2 Å². The lowest BCUT2D eigenvalue weighted by Crippen LogP contribution is -2.10. The quantitative estimate of drug-likeness (QED) is 0.333. The second-order valence-electron chi connectivity index (χ2n) is 7.47. The third-order valence-corrected chi connectivity index (χ3v) is 5.10. The van der Waals surface area contributed by atoms with Gasteiger partial charge in [-0.3, -0.25) is 0 Å². The topological polar surface area (TPSA) is 57.5 Å². The summed E-state index contributed by atoms with van der Waals surface area (Å²) >= 11 is 0. The van der Waals surface area contributed by atoms with E-state index in [2.05, 4.69) is 6.92 Å². The summed E-state index contributed by atoms with van der Waals surface area (Å²) in [6.07, 6.45) is 17.3. The zero-order chi connectivity index (χ0) is 19.0. The van der Waals surface area contributed by atoms with Crippen molar-refractivity contribution in [3.8, 4) is 0 Å². The molecule has 0 heterocycles. The number of rotatable bonds is 16. The number of carbonyl (C=O) groups is 1. The summed E-state index contributed by atoms with van der Waals surface area (Å²) in [6, 6.07) is 7.30. The van der Waals surface area contributed by atoms with Crippen LogP contribution in [0.1, 0.15) is 108 Å². The van der Waals surface area contributed by atoms with Crippen LogP contribution in [0.4, 0.5) is 0 Å². The number of carboxylic acid groups (broad SMARTS) is 1. The monoisotopic (exact) mass is 362 g/mol. The maximum absolute atomic E-state index is 10.7. The second kappa shape index (κ2) is 14.8. The second-order valence-corrected chi connectivity index (χ2v) is 7.47. The summed E-state index contributed by atoms with van der Waals surface area (Å²) < 4.78 is 0. The van der Waals surface area contributed by atoms with E-state index in [1.54, 1.807) is 12.1 Å². The SMILES string of the molecule is CCCCCCCCCCCCCCCc1ccc(C(O)C(=O)O)cc1. The molecule has 0 aliphatic heterocycles. The van der Waals surface area contributed by atoms with Gasteiger partial charge in [0, 0.05) is 0 Å². The Hall–Kier alpha value is -1.35. The van der Waals surface area contributed by atoms with E-state index in [9.17, 15) is 9.90 Å². The van der Waals surface area contributed by atoms with E-state index < -0.39 is 12.1 Å². The lowest BCUT2D eigenvalue weighted by molar-refractivity contribution is -0.146. The predicted molar refractivity (Wildman–Crippen MR) is 108 cm³/mol. The smallest absolute Gasteiger partial charge is 0.337 e. The van der Waals surface area contributed by atoms with Crippen LogP contribution in [-0.2, 0) is 11.2 Å². The van der Waals surface area contributed by atoms with Crippen molar-refractivity contribution < 1.29 is 15.0 Å². The molecule has 1 unspecified atom stereocenters. The summed E-state index contributed by atoms with van der Waals surface area (Å²) in [5.74, 6) is -1.20. The molecule has 3 heteroatoms. The van der Waals surface area contributed by atoms with Crippen LogP contribution in [0.25, 0.3) is 0 Å². The van der Waals surface area contributed by atoms with Gasteiger partial charge in [-0.25, -0.2) is 4.79 Å². The molecule has 1 atom stereocenters. The lowest BCUT2D eigenvalue weighted by Gasteiger charge is -2.07. The van der Waals surface area contributed by atoms with Gasteiger partial charge in [0.05, 0.1) is 0 Å². The first kappa shape index (κ1) is 22.7. The highest BCUT2D eigenvalue weighted by molar-refractivity contribution is 5.73. The summed E-state index contributed by atoms with van der Waals surface area (Å²) in [4.78, 5) is 10.7. The molecule has 0 aliphatic carbocycles. The molecular formula is C23H38O3. The van der Waals surface area contributed by atoms with Gasteiger partial charge in [-0.1, -0.05) is 108 Å². The van der Waals surface area contributed by atoms with E-state index in [4.69, 9.17) is 5.11 Å². The van der Waals surface area contributed by atoms with Crippen LogP contribution in [0.5, 0.6) is 0 Å². The van der Waals surface area contributed by atoms with Gasteiger partial charge in [0.2, 0.25) is 0 Å². The minimum Gasteiger partial charge on any atom is -0.479 e. The molecule has 0 aliphatic rings. The molecule has 1 aromatic carbocycles. The van der Waals surface area contributed by atoms with E-state index in [0.29, 0.717) is 5.56 Å². The summed E-state index contributed by atoms with van der Waals surface area (Å²) in [6.45, 7) is 2.27. The first-order valence-electron chi connectivity index (χ1n) is 10.6. The minimum absolute atomic E-state index is 0.451. The number of aliphatic hydroxyl groups excluding tert-OH is 1. The van der Waals surface area contributed by atoms with Gasteiger partial charge in [-0.15, -0.1) is 0 Å². The van der Waals surface area contributed by atoms with Crippen LogP contribution in [0.15, 0.2) is 24.3 Å². The Labute approximate surface area is 159 Å². The molecule has 0 fully saturated rings. The minimum atomic E-state index is -1.42. The molecule has 148 valence electrons. The Bertz CT molecular complexity index is 467. The Morgan fingerprint density at radius 2 is 1.19 bits per heavy atom. The van der Waals surface area contributed by atoms with Crippen molar-refractivity contribution in [2.24, 2.45) is 0 Å². The normalized spacial score (nSPS) is 12.2. The summed E-state index contributed by atoms with van der Waals surface area (Å²) in [7, 11) is 0. The Balaban J connectivity index is 1.95. The molecule has 3 nitrogen and oxygen atoms in total. The van der Waals surface area contributed by atoms with E-state index in [0.717, 1.165) is 6.42 Å². The number of aliphatic hydroxyl groups is 1. The summed E-state index contributed by atoms with van der Waals surface area (Å²) in [5, 5.41) is 18.3. The van der Waals surface area contributed by atoms with Crippen LogP contribution in [0.2, 0.25) is 0 Å². The zero-order valence-corrected chi connectivity index (χ0v) is 16.6. The first-order valence-corrected chi connectivity index (χ1v) is 10.6. The number of hydrogen-bond acceptors (Lipinski definition) is 2. The maximum atomic E-state index is 10.7. The number of carboxylic acids is 1. The Kier molecular flexibility index (Phi) is 12.9. The fraction of sp³-hybridized carbons (Fsp3) is 0.696. The molecular weight excluding hydrogens is 324 g/mol. The van der Waals surface area contributed by atoms with Crippen LogP contribution < -0.4 is 0 Å². The highest BCUT2D eigenvalue weighted by Gasteiger charge is 2.14. The average Bonchev–Trinajstić information content (AvgIpc) is 2.65. The number of benzene rings is 1. The molecule has 2 N–H and O–H groups in total. The predicted octanol–water partition coefficient (Wildman–Crippen LogP) is 6.44. The van der Waals surface area contributed by atoms with Crippen molar-refractivity contribution in [1.29, 1.82) is 0 Å². The number of unbranched alkanes of at least 4 members (excludes halogenated alkanes) is 12. The van der Waals surface area contributed by atoms with Gasteiger partial charge in [-0.2, -0.15) is 0 Å². The fourth-order valence-electron chi connectivity index (χ4n) is 3.36. The van der Waals surface area contributed by atoms with Crippen molar-refractivity contribution in [1.82, 2.24) is 0 Å². The molecule has 1 aromatic rings. The fourth-order valence-corrected chi connectivity index (χ4v) is 3.36. The standard InChI is InChI=1S/C23H38O3/c1-2-3-4-5-6-7-8-9-10-11-12-13-14-15-20-16-18-21(19-17-20)22(24)23(25)26/h16-19,22,24H,2-15H2,1H3,(H,25,26). The van der Waals surface area contributed by atoms with Crippen molar-refractivity contribution in [3.63, 3.8) is 0 Å². The molecule has 1 rings (SSSR count). The van der Waals surface area contributed by atoms with Gasteiger partial charge < -0.3 is 10.2 Å². The van der Waals surface area contributed by atoms with Crippen molar-refractivity contribution in [2.75, 3.05) is 0 Å². The number of aryl methyl sites for hydroxylation is 1. The van der Waals surface area contributed by atoms with Crippen LogP contribution >= 0.6 is 0 Å². The molecule has 0 bridgehead atoms. The maximum Gasteiger partial charge on any atom is 0.337 e. The average molecular weight is 363 g/mol. The molecule has 0 radical (unpaired) electrons. The van der Waals surface area contributed by atoms with E-state index in [-0.39, 0.29) is 0 Å². The Morgan fingerprint density at radius 1 is 0.769 bits per heavy atom. The van der Waals surface area contributed by atoms with Gasteiger partial charge in [0.15, 0.2) is 6.10 Å². The van der Waals surface area contributed by atoms with E-state index >= 15 is 0 Å².